The summed E-state index contributed by atoms with van der Waals surface area (Å²) in [5, 5.41) is 10.5. The molecule has 1 atom stereocenters. The lowest BCUT2D eigenvalue weighted by Crippen LogP contribution is -3.14. The third-order valence-electron chi connectivity index (χ3n) is 5.22. The second kappa shape index (κ2) is 7.95. The van der Waals surface area contributed by atoms with Crippen LogP contribution < -0.4 is 4.90 Å². The number of carbonyl (C=O) groups is 2. The molecular weight excluding hydrogens is 362 g/mol. The summed E-state index contributed by atoms with van der Waals surface area (Å²) in [4.78, 5) is 32.7. The highest BCUT2D eigenvalue weighted by molar-refractivity contribution is 6.14. The number of amides is 1. The zero-order valence-electron chi connectivity index (χ0n) is 15.3. The lowest BCUT2D eigenvalue weighted by Gasteiger charge is -2.29. The fourth-order valence-corrected chi connectivity index (χ4v) is 3.74. The van der Waals surface area contributed by atoms with Gasteiger partial charge in [0, 0.05) is 12.4 Å². The van der Waals surface area contributed by atoms with E-state index in [9.17, 15) is 14.7 Å². The van der Waals surface area contributed by atoms with E-state index in [0.29, 0.717) is 26.3 Å². The highest BCUT2D eigenvalue weighted by atomic mass is 16.5. The first-order chi connectivity index (χ1) is 13.7. The molecule has 2 aliphatic heterocycles. The van der Waals surface area contributed by atoms with Gasteiger partial charge in [0.15, 0.2) is 11.5 Å². The lowest BCUT2D eigenvalue weighted by molar-refractivity contribution is -0.907. The largest absolute Gasteiger partial charge is 0.503 e. The van der Waals surface area contributed by atoms with Crippen molar-refractivity contribution < 1.29 is 28.7 Å². The first kappa shape index (κ1) is 18.4. The monoisotopic (exact) mass is 384 g/mol. The van der Waals surface area contributed by atoms with Crippen molar-refractivity contribution >= 4 is 11.7 Å². The third-order valence-corrected chi connectivity index (χ3v) is 5.22. The second-order valence-electron chi connectivity index (χ2n) is 6.86. The molecule has 2 aromatic heterocycles. The standard InChI is InChI=1S/C20H21N3O5/c24-18(15-2-1-11-28-15)16-17(14-3-5-21-6-4-14)23(20(26)19(16)25)8-7-22-9-12-27-13-10-22/h1-6,11,17,25H,7-10,12-13H2/p+1/t17-/m0/s1. The van der Waals surface area contributed by atoms with Crippen molar-refractivity contribution in [3.63, 3.8) is 0 Å². The number of aromatic nitrogens is 1. The van der Waals surface area contributed by atoms with E-state index in [0.717, 1.165) is 18.7 Å². The Morgan fingerprint density at radius 3 is 2.68 bits per heavy atom. The van der Waals surface area contributed by atoms with Crippen LogP contribution in [0, 0.1) is 0 Å². The number of nitrogens with zero attached hydrogens (tertiary/aromatic N) is 2. The van der Waals surface area contributed by atoms with Crippen LogP contribution in [-0.2, 0) is 9.53 Å². The number of aliphatic hydroxyl groups excluding tert-OH is 1. The number of quaternary nitrogens is 1. The first-order valence-electron chi connectivity index (χ1n) is 9.30. The summed E-state index contributed by atoms with van der Waals surface area (Å²) in [6, 6.07) is 5.95. The number of carbonyl (C=O) groups excluding carboxylic acids is 2. The Morgan fingerprint density at radius 2 is 2.00 bits per heavy atom. The van der Waals surface area contributed by atoms with Gasteiger partial charge < -0.3 is 24.1 Å². The second-order valence-corrected chi connectivity index (χ2v) is 6.86. The van der Waals surface area contributed by atoms with Gasteiger partial charge in [-0.05, 0) is 29.8 Å². The molecular formula is C20H22N3O5+. The molecule has 0 aromatic carbocycles. The first-order valence-corrected chi connectivity index (χ1v) is 9.30. The Labute approximate surface area is 162 Å². The van der Waals surface area contributed by atoms with E-state index in [2.05, 4.69) is 4.98 Å². The Hall–Kier alpha value is -2.97. The van der Waals surface area contributed by atoms with Gasteiger partial charge in [-0.15, -0.1) is 0 Å². The number of pyridine rings is 1. The maximum atomic E-state index is 13.0. The normalized spacial score (nSPS) is 20.8. The SMILES string of the molecule is O=C(C1=C(O)C(=O)N(CC[NH+]2CCOCC2)[C@H]1c1ccncc1)c1ccco1. The Morgan fingerprint density at radius 1 is 1.25 bits per heavy atom. The number of hydrogen-bond acceptors (Lipinski definition) is 6. The highest BCUT2D eigenvalue weighted by Crippen LogP contribution is 2.38. The molecule has 8 nitrogen and oxygen atoms in total. The molecule has 0 saturated carbocycles. The summed E-state index contributed by atoms with van der Waals surface area (Å²) in [7, 11) is 0. The van der Waals surface area contributed by atoms with E-state index in [1.54, 1.807) is 35.5 Å². The van der Waals surface area contributed by atoms with Crippen LogP contribution in [0.2, 0.25) is 0 Å². The van der Waals surface area contributed by atoms with Gasteiger partial charge in [0.05, 0.1) is 44.2 Å². The zero-order valence-corrected chi connectivity index (χ0v) is 15.3. The summed E-state index contributed by atoms with van der Waals surface area (Å²) in [6.45, 7) is 4.27. The maximum absolute atomic E-state index is 13.0. The number of furan rings is 1. The van der Waals surface area contributed by atoms with Crippen LogP contribution in [0.5, 0.6) is 0 Å². The summed E-state index contributed by atoms with van der Waals surface area (Å²) in [5.41, 5.74) is 0.766. The average molecular weight is 384 g/mol. The molecule has 0 bridgehead atoms. The smallest absolute Gasteiger partial charge is 0.290 e. The van der Waals surface area contributed by atoms with Crippen LogP contribution in [0.1, 0.15) is 22.2 Å². The van der Waals surface area contributed by atoms with E-state index in [1.807, 2.05) is 0 Å². The van der Waals surface area contributed by atoms with Crippen LogP contribution in [0.15, 0.2) is 58.7 Å². The molecule has 1 amide bonds. The van der Waals surface area contributed by atoms with Crippen molar-refractivity contribution in [1.29, 1.82) is 0 Å². The fraction of sp³-hybridized carbons (Fsp3) is 0.350. The molecule has 0 radical (unpaired) electrons. The third kappa shape index (κ3) is 3.44. The number of hydrogen-bond donors (Lipinski definition) is 2. The summed E-state index contributed by atoms with van der Waals surface area (Å²) in [5.74, 6) is -1.45. The number of Topliss-reactive ketones (excluding diaryl/α,β-unsaturated/α-hetero) is 1. The van der Waals surface area contributed by atoms with Crippen molar-refractivity contribution in [2.75, 3.05) is 39.4 Å². The van der Waals surface area contributed by atoms with E-state index in [-0.39, 0.29) is 11.3 Å². The van der Waals surface area contributed by atoms with Gasteiger partial charge in [0.2, 0.25) is 5.78 Å². The molecule has 146 valence electrons. The molecule has 2 N–H and O–H groups in total. The summed E-state index contributed by atoms with van der Waals surface area (Å²) >= 11 is 0. The molecule has 4 rings (SSSR count). The van der Waals surface area contributed by atoms with Crippen LogP contribution in [-0.4, -0.2) is 66.1 Å². The van der Waals surface area contributed by atoms with Gasteiger partial charge in [0.1, 0.15) is 13.1 Å². The van der Waals surface area contributed by atoms with Gasteiger partial charge in [-0.3, -0.25) is 14.6 Å². The molecule has 2 aliphatic rings. The number of rotatable bonds is 6. The predicted octanol–water partition coefficient (Wildman–Crippen LogP) is 0.168. The van der Waals surface area contributed by atoms with Crippen molar-refractivity contribution in [1.82, 2.24) is 9.88 Å². The quantitative estimate of drug-likeness (QED) is 0.689. The molecule has 8 heteroatoms. The van der Waals surface area contributed by atoms with E-state index in [1.165, 1.54) is 17.2 Å². The van der Waals surface area contributed by atoms with E-state index >= 15 is 0 Å². The molecule has 1 saturated heterocycles. The van der Waals surface area contributed by atoms with Gasteiger partial charge in [0.25, 0.3) is 5.91 Å². The van der Waals surface area contributed by atoms with E-state index < -0.39 is 23.5 Å². The maximum Gasteiger partial charge on any atom is 0.290 e. The Bertz CT molecular complexity index is 873. The zero-order chi connectivity index (χ0) is 19.5. The van der Waals surface area contributed by atoms with E-state index in [4.69, 9.17) is 9.15 Å². The van der Waals surface area contributed by atoms with Gasteiger partial charge >= 0.3 is 0 Å². The molecule has 1 fully saturated rings. The molecule has 28 heavy (non-hydrogen) atoms. The average Bonchev–Trinajstić information content (AvgIpc) is 3.36. The molecule has 0 spiro atoms. The minimum atomic E-state index is -0.673. The molecule has 0 aliphatic carbocycles. The van der Waals surface area contributed by atoms with Crippen molar-refractivity contribution in [2.45, 2.75) is 6.04 Å². The van der Waals surface area contributed by atoms with Crippen LogP contribution in [0.3, 0.4) is 0 Å². The number of nitrogens with one attached hydrogen (secondary N) is 1. The topological polar surface area (TPSA) is 97.3 Å². The van der Waals surface area contributed by atoms with Gasteiger partial charge in [-0.25, -0.2) is 0 Å². The molecule has 4 heterocycles. The minimum Gasteiger partial charge on any atom is -0.503 e. The number of morpholine rings is 1. The molecule has 0 unspecified atom stereocenters. The summed E-state index contributed by atoms with van der Waals surface area (Å²) < 4.78 is 10.6. The summed E-state index contributed by atoms with van der Waals surface area (Å²) in [6.07, 6.45) is 4.60. The Kier molecular flexibility index (Phi) is 5.23. The van der Waals surface area contributed by atoms with Gasteiger partial charge in [-0.1, -0.05) is 0 Å². The highest BCUT2D eigenvalue weighted by Gasteiger charge is 2.44. The lowest BCUT2D eigenvalue weighted by atomic mass is 9.96. The Balaban J connectivity index is 1.64. The predicted molar refractivity (Wildman–Crippen MR) is 97.8 cm³/mol. The van der Waals surface area contributed by atoms with Crippen molar-refractivity contribution in [3.8, 4) is 0 Å². The van der Waals surface area contributed by atoms with Crippen molar-refractivity contribution in [2.24, 2.45) is 0 Å². The number of ketones is 1. The van der Waals surface area contributed by atoms with Crippen LogP contribution >= 0.6 is 0 Å². The van der Waals surface area contributed by atoms with Crippen LogP contribution in [0.4, 0.5) is 0 Å². The number of aliphatic hydroxyl groups is 1. The fourth-order valence-electron chi connectivity index (χ4n) is 3.74. The van der Waals surface area contributed by atoms with Crippen LogP contribution in [0.25, 0.3) is 0 Å². The van der Waals surface area contributed by atoms with Crippen molar-refractivity contribution in [3.05, 3.63) is 65.6 Å². The van der Waals surface area contributed by atoms with Gasteiger partial charge in [-0.2, -0.15) is 0 Å². The number of ether oxygens (including phenoxy) is 1. The minimum absolute atomic E-state index is 0.0446. The molecule has 2 aromatic rings.